The van der Waals surface area contributed by atoms with Gasteiger partial charge in [0, 0.05) is 17.6 Å². The molecule has 2 unspecified atom stereocenters. The van der Waals surface area contributed by atoms with Crippen molar-refractivity contribution in [1.29, 1.82) is 0 Å². The Labute approximate surface area is 105 Å². The molecular weight excluding hydrogens is 210 g/mol. The molecule has 2 heteroatoms. The summed E-state index contributed by atoms with van der Waals surface area (Å²) in [6.45, 7) is 10.2. The van der Waals surface area contributed by atoms with Crippen LogP contribution >= 0.6 is 0 Å². The number of methoxy groups -OCH3 is 1. The number of hydrogen-bond acceptors (Lipinski definition) is 2. The first kappa shape index (κ1) is 13.8. The largest absolute Gasteiger partial charge is 0.496 e. The second-order valence-electron chi connectivity index (χ2n) is 4.56. The fourth-order valence-electron chi connectivity index (χ4n) is 2.03. The third-order valence-corrected chi connectivity index (χ3v) is 2.91. The molecule has 2 nitrogen and oxygen atoms in total. The van der Waals surface area contributed by atoms with Crippen LogP contribution in [0.4, 0.5) is 0 Å². The van der Waals surface area contributed by atoms with Crippen molar-refractivity contribution in [2.75, 3.05) is 7.11 Å². The average molecular weight is 233 g/mol. The summed E-state index contributed by atoms with van der Waals surface area (Å²) in [5.41, 5.74) is 2.47. The lowest BCUT2D eigenvalue weighted by molar-refractivity contribution is 0.395. The molecule has 0 aliphatic carbocycles. The molecule has 0 spiro atoms. The highest BCUT2D eigenvalue weighted by atomic mass is 16.5. The number of nitrogens with one attached hydrogen (secondary N) is 1. The Hall–Kier alpha value is -1.28. The van der Waals surface area contributed by atoms with Crippen molar-refractivity contribution >= 4 is 0 Å². The predicted octanol–water partition coefficient (Wildman–Crippen LogP) is 3.62. The molecule has 1 aromatic rings. The normalized spacial score (nSPS) is 14.1. The van der Waals surface area contributed by atoms with Crippen molar-refractivity contribution in [3.63, 3.8) is 0 Å². The molecule has 1 N–H and O–H groups in total. The van der Waals surface area contributed by atoms with Crippen LogP contribution in [0.1, 0.15) is 37.4 Å². The zero-order valence-electron chi connectivity index (χ0n) is 11.3. The molecule has 0 aromatic heterocycles. The van der Waals surface area contributed by atoms with Crippen LogP contribution in [0, 0.1) is 6.92 Å². The fraction of sp³-hybridized carbons (Fsp3) is 0.467. The van der Waals surface area contributed by atoms with Gasteiger partial charge < -0.3 is 10.1 Å². The third-order valence-electron chi connectivity index (χ3n) is 2.91. The van der Waals surface area contributed by atoms with Crippen LogP contribution in [0.15, 0.2) is 30.9 Å². The molecule has 0 radical (unpaired) electrons. The first-order valence-corrected chi connectivity index (χ1v) is 6.10. The lowest BCUT2D eigenvalue weighted by atomic mass is 10.0. The molecule has 1 aromatic carbocycles. The molecule has 0 fully saturated rings. The number of hydrogen-bond donors (Lipinski definition) is 1. The van der Waals surface area contributed by atoms with E-state index in [1.807, 2.05) is 12.1 Å². The minimum absolute atomic E-state index is 0.278. The number of ether oxygens (including phenoxy) is 1. The molecule has 2 atom stereocenters. The van der Waals surface area contributed by atoms with Crippen molar-refractivity contribution in [3.8, 4) is 5.75 Å². The van der Waals surface area contributed by atoms with Crippen molar-refractivity contribution in [3.05, 3.63) is 42.0 Å². The van der Waals surface area contributed by atoms with Gasteiger partial charge in [0.25, 0.3) is 0 Å². The van der Waals surface area contributed by atoms with Gasteiger partial charge >= 0.3 is 0 Å². The summed E-state index contributed by atoms with van der Waals surface area (Å²) in [5, 5.41) is 3.55. The summed E-state index contributed by atoms with van der Waals surface area (Å²) >= 11 is 0. The summed E-state index contributed by atoms with van der Waals surface area (Å²) in [4.78, 5) is 0. The Kier molecular flexibility index (Phi) is 5.23. The Bertz CT molecular complexity index is 373. The topological polar surface area (TPSA) is 21.3 Å². The first-order valence-electron chi connectivity index (χ1n) is 6.10. The number of benzene rings is 1. The molecule has 0 saturated carbocycles. The van der Waals surface area contributed by atoms with Gasteiger partial charge in [-0.05, 0) is 33.3 Å². The third kappa shape index (κ3) is 3.90. The molecule has 1 rings (SSSR count). The highest BCUT2D eigenvalue weighted by Crippen LogP contribution is 2.26. The minimum atomic E-state index is 0.278. The second kappa shape index (κ2) is 6.45. The van der Waals surface area contributed by atoms with Crippen LogP contribution in [-0.4, -0.2) is 13.2 Å². The molecule has 17 heavy (non-hydrogen) atoms. The SMILES string of the molecule is C=CCC(C)NC(C)c1cc(C)ccc1OC. The first-order chi connectivity index (χ1) is 8.08. The van der Waals surface area contributed by atoms with E-state index in [-0.39, 0.29) is 6.04 Å². The maximum absolute atomic E-state index is 5.40. The minimum Gasteiger partial charge on any atom is -0.496 e. The lowest BCUT2D eigenvalue weighted by Crippen LogP contribution is -2.28. The quantitative estimate of drug-likeness (QED) is 0.758. The van der Waals surface area contributed by atoms with Crippen molar-refractivity contribution in [2.45, 2.75) is 39.3 Å². The predicted molar refractivity (Wildman–Crippen MR) is 73.6 cm³/mol. The molecular formula is C15H23NO. The van der Waals surface area contributed by atoms with E-state index in [4.69, 9.17) is 4.74 Å². The maximum atomic E-state index is 5.40. The van der Waals surface area contributed by atoms with E-state index in [1.54, 1.807) is 7.11 Å². The highest BCUT2D eigenvalue weighted by molar-refractivity contribution is 5.38. The molecule has 94 valence electrons. The summed E-state index contributed by atoms with van der Waals surface area (Å²) in [6, 6.07) is 6.98. The van der Waals surface area contributed by atoms with Crippen LogP contribution in [0.25, 0.3) is 0 Å². The number of rotatable bonds is 6. The van der Waals surface area contributed by atoms with Gasteiger partial charge in [-0.1, -0.05) is 23.8 Å². The van der Waals surface area contributed by atoms with Gasteiger partial charge in [-0.3, -0.25) is 0 Å². The maximum Gasteiger partial charge on any atom is 0.123 e. The van der Waals surface area contributed by atoms with Crippen LogP contribution < -0.4 is 10.1 Å². The van der Waals surface area contributed by atoms with E-state index < -0.39 is 0 Å². The Morgan fingerprint density at radius 2 is 2.12 bits per heavy atom. The monoisotopic (exact) mass is 233 g/mol. The average Bonchev–Trinajstić information content (AvgIpc) is 2.29. The molecule has 0 saturated heterocycles. The summed E-state index contributed by atoms with van der Waals surface area (Å²) in [7, 11) is 1.72. The lowest BCUT2D eigenvalue weighted by Gasteiger charge is -2.21. The molecule has 0 aliphatic heterocycles. The zero-order chi connectivity index (χ0) is 12.8. The van der Waals surface area contributed by atoms with E-state index in [9.17, 15) is 0 Å². The van der Waals surface area contributed by atoms with Crippen molar-refractivity contribution < 1.29 is 4.74 Å². The van der Waals surface area contributed by atoms with Gasteiger partial charge in [0.2, 0.25) is 0 Å². The van der Waals surface area contributed by atoms with E-state index >= 15 is 0 Å². The summed E-state index contributed by atoms with van der Waals surface area (Å²) in [5.74, 6) is 0.946. The van der Waals surface area contributed by atoms with Crippen LogP contribution in [-0.2, 0) is 0 Å². The zero-order valence-corrected chi connectivity index (χ0v) is 11.3. The van der Waals surface area contributed by atoms with Gasteiger partial charge in [0.1, 0.15) is 5.75 Å². The van der Waals surface area contributed by atoms with E-state index in [1.165, 1.54) is 11.1 Å². The Balaban J connectivity index is 2.83. The van der Waals surface area contributed by atoms with Gasteiger partial charge in [-0.15, -0.1) is 6.58 Å². The van der Waals surface area contributed by atoms with E-state index in [0.717, 1.165) is 12.2 Å². The molecule has 0 aliphatic rings. The second-order valence-corrected chi connectivity index (χ2v) is 4.56. The van der Waals surface area contributed by atoms with E-state index in [2.05, 4.69) is 44.8 Å². The molecule has 0 heterocycles. The standard InChI is InChI=1S/C15H23NO/c1-6-7-12(3)16-13(4)14-10-11(2)8-9-15(14)17-5/h6,8-10,12-13,16H,1,7H2,2-5H3. The van der Waals surface area contributed by atoms with Crippen LogP contribution in [0.5, 0.6) is 5.75 Å². The summed E-state index contributed by atoms with van der Waals surface area (Å²) < 4.78 is 5.40. The highest BCUT2D eigenvalue weighted by Gasteiger charge is 2.13. The molecule has 0 bridgehead atoms. The van der Waals surface area contributed by atoms with Crippen molar-refractivity contribution in [1.82, 2.24) is 5.32 Å². The summed E-state index contributed by atoms with van der Waals surface area (Å²) in [6.07, 6.45) is 2.91. The van der Waals surface area contributed by atoms with E-state index in [0.29, 0.717) is 6.04 Å². The van der Waals surface area contributed by atoms with Crippen LogP contribution in [0.2, 0.25) is 0 Å². The Morgan fingerprint density at radius 1 is 1.41 bits per heavy atom. The van der Waals surface area contributed by atoms with Gasteiger partial charge in [-0.2, -0.15) is 0 Å². The smallest absolute Gasteiger partial charge is 0.123 e. The number of aryl methyl sites for hydroxylation is 1. The fourth-order valence-corrected chi connectivity index (χ4v) is 2.03. The van der Waals surface area contributed by atoms with Gasteiger partial charge in [0.05, 0.1) is 7.11 Å². The Morgan fingerprint density at radius 3 is 2.71 bits per heavy atom. The molecule has 0 amide bonds. The van der Waals surface area contributed by atoms with Crippen molar-refractivity contribution in [2.24, 2.45) is 0 Å². The van der Waals surface area contributed by atoms with Gasteiger partial charge in [-0.25, -0.2) is 0 Å². The van der Waals surface area contributed by atoms with Crippen LogP contribution in [0.3, 0.4) is 0 Å². The van der Waals surface area contributed by atoms with Gasteiger partial charge in [0.15, 0.2) is 0 Å².